The van der Waals surface area contributed by atoms with Crippen LogP contribution >= 0.6 is 0 Å². The van der Waals surface area contributed by atoms with Crippen LogP contribution < -0.4 is 0 Å². The third kappa shape index (κ3) is 1.92. The summed E-state index contributed by atoms with van der Waals surface area (Å²) in [5.74, 6) is -0.176. The van der Waals surface area contributed by atoms with Gasteiger partial charge in [-0.1, -0.05) is 6.58 Å². The Morgan fingerprint density at radius 1 is 1.25 bits per heavy atom. The smallest absolute Gasteiger partial charge is 0.124 e. The second kappa shape index (κ2) is 2.65. The minimum absolute atomic E-state index is 0.176. The average Bonchev–Trinajstić information content (AvgIpc) is 1.64. The first-order valence-corrected chi connectivity index (χ1v) is 2.54. The summed E-state index contributed by atoms with van der Waals surface area (Å²) in [6.45, 7) is 8.55. The fraction of sp³-hybridized carbons (Fsp3) is 0.429. The molecule has 1 heteroatoms. The lowest BCUT2D eigenvalue weighted by Gasteiger charge is -1.94. The molecule has 0 heterocycles. The van der Waals surface area contributed by atoms with E-state index in [0.29, 0.717) is 11.1 Å². The molecule has 0 bridgehead atoms. The molecule has 0 aromatic heterocycles. The maximum atomic E-state index is 12.4. The van der Waals surface area contributed by atoms with Crippen LogP contribution in [0, 0.1) is 0 Å². The van der Waals surface area contributed by atoms with Gasteiger partial charge in [-0.15, -0.1) is 0 Å². The summed E-state index contributed by atoms with van der Waals surface area (Å²) < 4.78 is 12.4. The van der Waals surface area contributed by atoms with Crippen molar-refractivity contribution in [2.75, 3.05) is 0 Å². The van der Waals surface area contributed by atoms with E-state index in [1.807, 2.05) is 0 Å². The topological polar surface area (TPSA) is 0 Å². The molecule has 0 fully saturated rings. The van der Waals surface area contributed by atoms with Gasteiger partial charge in [-0.2, -0.15) is 0 Å². The lowest BCUT2D eigenvalue weighted by atomic mass is 10.2. The molecule has 0 unspecified atom stereocenters. The van der Waals surface area contributed by atoms with Gasteiger partial charge in [-0.05, 0) is 31.9 Å². The highest BCUT2D eigenvalue weighted by molar-refractivity contribution is 5.23. The molecule has 0 N–H and O–H groups in total. The van der Waals surface area contributed by atoms with Gasteiger partial charge in [0.05, 0.1) is 0 Å². The Labute approximate surface area is 49.7 Å². The van der Waals surface area contributed by atoms with Crippen molar-refractivity contribution < 1.29 is 4.39 Å². The summed E-state index contributed by atoms with van der Waals surface area (Å²) in [7, 11) is 0. The minimum atomic E-state index is -0.176. The molecule has 0 aromatic rings. The summed E-state index contributed by atoms with van der Waals surface area (Å²) in [6.07, 6.45) is 0. The van der Waals surface area contributed by atoms with Crippen LogP contribution in [0.5, 0.6) is 0 Å². The van der Waals surface area contributed by atoms with Gasteiger partial charge in [0.2, 0.25) is 0 Å². The number of hydrogen-bond acceptors (Lipinski definition) is 0. The Morgan fingerprint density at radius 2 is 1.62 bits per heavy atom. The molecular weight excluding hydrogens is 103 g/mol. The van der Waals surface area contributed by atoms with Crippen molar-refractivity contribution in [3.05, 3.63) is 23.6 Å². The van der Waals surface area contributed by atoms with E-state index in [1.54, 1.807) is 20.8 Å². The summed E-state index contributed by atoms with van der Waals surface area (Å²) in [5.41, 5.74) is 1.20. The number of halogens is 1. The second-order valence-corrected chi connectivity index (χ2v) is 2.09. The van der Waals surface area contributed by atoms with E-state index in [2.05, 4.69) is 6.58 Å². The summed E-state index contributed by atoms with van der Waals surface area (Å²) >= 11 is 0. The molecule has 8 heavy (non-hydrogen) atoms. The Hall–Kier alpha value is -0.590. The summed E-state index contributed by atoms with van der Waals surface area (Å²) in [4.78, 5) is 0. The van der Waals surface area contributed by atoms with Crippen LogP contribution in [0.3, 0.4) is 0 Å². The van der Waals surface area contributed by atoms with Crippen molar-refractivity contribution in [2.24, 2.45) is 0 Å². The number of rotatable bonds is 1. The SMILES string of the molecule is C=C(C)C(F)=C(C)C. The van der Waals surface area contributed by atoms with Crippen LogP contribution in [0.15, 0.2) is 23.6 Å². The van der Waals surface area contributed by atoms with Gasteiger partial charge >= 0.3 is 0 Å². The van der Waals surface area contributed by atoms with E-state index >= 15 is 0 Å². The van der Waals surface area contributed by atoms with Gasteiger partial charge < -0.3 is 0 Å². The van der Waals surface area contributed by atoms with Crippen LogP contribution in [0.25, 0.3) is 0 Å². The Morgan fingerprint density at radius 3 is 1.62 bits per heavy atom. The summed E-state index contributed by atoms with van der Waals surface area (Å²) in [5, 5.41) is 0. The molecule has 0 rings (SSSR count). The molecule has 0 radical (unpaired) electrons. The maximum Gasteiger partial charge on any atom is 0.124 e. The fourth-order valence-corrected chi connectivity index (χ4v) is 0.427. The molecular formula is C7H11F. The van der Waals surface area contributed by atoms with Crippen LogP contribution in [0.1, 0.15) is 20.8 Å². The molecule has 0 atom stereocenters. The van der Waals surface area contributed by atoms with Crippen LogP contribution in [0.2, 0.25) is 0 Å². The van der Waals surface area contributed by atoms with E-state index in [1.165, 1.54) is 0 Å². The molecule has 0 saturated carbocycles. The maximum absolute atomic E-state index is 12.4. The zero-order chi connectivity index (χ0) is 6.73. The average molecular weight is 114 g/mol. The lowest BCUT2D eigenvalue weighted by Crippen LogP contribution is -1.76. The van der Waals surface area contributed by atoms with E-state index in [0.717, 1.165) is 0 Å². The normalized spacial score (nSPS) is 8.50. The Balaban J connectivity index is 4.23. The highest BCUT2D eigenvalue weighted by Crippen LogP contribution is 2.12. The monoisotopic (exact) mass is 114 g/mol. The zero-order valence-corrected chi connectivity index (χ0v) is 5.59. The lowest BCUT2D eigenvalue weighted by molar-refractivity contribution is 0.640. The molecule has 0 nitrogen and oxygen atoms in total. The second-order valence-electron chi connectivity index (χ2n) is 2.09. The van der Waals surface area contributed by atoms with Gasteiger partial charge in [0.25, 0.3) is 0 Å². The van der Waals surface area contributed by atoms with Crippen molar-refractivity contribution in [1.82, 2.24) is 0 Å². The van der Waals surface area contributed by atoms with E-state index < -0.39 is 0 Å². The zero-order valence-electron chi connectivity index (χ0n) is 5.59. The third-order valence-corrected chi connectivity index (χ3v) is 0.814. The van der Waals surface area contributed by atoms with Gasteiger partial charge in [-0.25, -0.2) is 4.39 Å². The standard InChI is InChI=1S/C7H11F/c1-5(2)7(8)6(3)4/h1H2,2-4H3. The first kappa shape index (κ1) is 7.41. The first-order valence-electron chi connectivity index (χ1n) is 2.54. The minimum Gasteiger partial charge on any atom is -0.207 e. The predicted octanol–water partition coefficient (Wildman–Crippen LogP) is 2.83. The molecule has 0 aromatic carbocycles. The van der Waals surface area contributed by atoms with E-state index in [4.69, 9.17) is 0 Å². The molecule has 0 aliphatic heterocycles. The van der Waals surface area contributed by atoms with Crippen molar-refractivity contribution in [1.29, 1.82) is 0 Å². The van der Waals surface area contributed by atoms with E-state index in [-0.39, 0.29) is 5.83 Å². The van der Waals surface area contributed by atoms with Crippen LogP contribution in [-0.4, -0.2) is 0 Å². The molecule has 0 spiro atoms. The number of hydrogen-bond donors (Lipinski definition) is 0. The third-order valence-electron chi connectivity index (χ3n) is 0.814. The van der Waals surface area contributed by atoms with Crippen molar-refractivity contribution in [2.45, 2.75) is 20.8 Å². The van der Waals surface area contributed by atoms with Crippen LogP contribution in [0.4, 0.5) is 4.39 Å². The van der Waals surface area contributed by atoms with Gasteiger partial charge in [-0.3, -0.25) is 0 Å². The van der Waals surface area contributed by atoms with Crippen molar-refractivity contribution in [3.8, 4) is 0 Å². The highest BCUT2D eigenvalue weighted by atomic mass is 19.1. The largest absolute Gasteiger partial charge is 0.207 e. The van der Waals surface area contributed by atoms with E-state index in [9.17, 15) is 4.39 Å². The molecule has 0 aliphatic rings. The fourth-order valence-electron chi connectivity index (χ4n) is 0.427. The van der Waals surface area contributed by atoms with Gasteiger partial charge in [0.15, 0.2) is 0 Å². The van der Waals surface area contributed by atoms with Crippen molar-refractivity contribution >= 4 is 0 Å². The number of allylic oxidation sites excluding steroid dienone is 3. The predicted molar refractivity (Wildman–Crippen MR) is 34.3 cm³/mol. The summed E-state index contributed by atoms with van der Waals surface area (Å²) in [6, 6.07) is 0. The molecule has 46 valence electrons. The first-order chi connectivity index (χ1) is 3.55. The molecule has 0 aliphatic carbocycles. The van der Waals surface area contributed by atoms with Gasteiger partial charge in [0.1, 0.15) is 5.83 Å². The molecule has 0 saturated heterocycles. The molecule has 0 amide bonds. The van der Waals surface area contributed by atoms with Crippen molar-refractivity contribution in [3.63, 3.8) is 0 Å². The van der Waals surface area contributed by atoms with Gasteiger partial charge in [0, 0.05) is 0 Å². The Bertz CT molecular complexity index is 127. The Kier molecular flexibility index (Phi) is 2.46. The van der Waals surface area contributed by atoms with Crippen LogP contribution in [-0.2, 0) is 0 Å². The highest BCUT2D eigenvalue weighted by Gasteiger charge is 1.94. The quantitative estimate of drug-likeness (QED) is 0.460.